The number of H-pyrrole nitrogens is 2. The summed E-state index contributed by atoms with van der Waals surface area (Å²) in [5, 5.41) is 13.1. The van der Waals surface area contributed by atoms with E-state index in [1.165, 1.54) is 25.3 Å². The summed E-state index contributed by atoms with van der Waals surface area (Å²) in [6.45, 7) is 4.10. The smallest absolute Gasteiger partial charge is 0.343 e. The summed E-state index contributed by atoms with van der Waals surface area (Å²) in [5.74, 6) is -1.38. The number of ether oxygens (including phenoxy) is 3. The monoisotopic (exact) mass is 584 g/mol. The Labute approximate surface area is 236 Å². The summed E-state index contributed by atoms with van der Waals surface area (Å²) < 4.78 is 45.6. The molecule has 0 amide bonds. The van der Waals surface area contributed by atoms with Crippen molar-refractivity contribution in [3.63, 3.8) is 0 Å². The van der Waals surface area contributed by atoms with Crippen LogP contribution < -0.4 is 24.7 Å². The van der Waals surface area contributed by atoms with Crippen LogP contribution in [0.4, 0.5) is 31.9 Å². The summed E-state index contributed by atoms with van der Waals surface area (Å²) >= 11 is 0.991. The number of hydrogen-bond acceptors (Lipinski definition) is 11. The van der Waals surface area contributed by atoms with Crippen LogP contribution in [0.15, 0.2) is 57.7 Å². The largest absolute Gasteiger partial charge is 0.487 e. The van der Waals surface area contributed by atoms with Gasteiger partial charge in [0.2, 0.25) is 0 Å². The summed E-state index contributed by atoms with van der Waals surface area (Å²) in [6.07, 6.45) is 0. The molecular weight excluding hydrogens is 560 g/mol. The van der Waals surface area contributed by atoms with Gasteiger partial charge in [-0.05, 0) is 54.2 Å². The first-order chi connectivity index (χ1) is 19.9. The number of aromatic amines is 2. The zero-order chi connectivity index (χ0) is 28.9. The maximum Gasteiger partial charge on any atom is 0.343 e. The predicted molar refractivity (Wildman–Crippen MR) is 144 cm³/mol. The van der Waals surface area contributed by atoms with Gasteiger partial charge in [-0.1, -0.05) is 11.1 Å². The average molecular weight is 585 g/mol. The lowest BCUT2D eigenvalue weighted by Crippen LogP contribution is -2.40. The maximum atomic E-state index is 15.2. The van der Waals surface area contributed by atoms with Gasteiger partial charge in [0, 0.05) is 11.8 Å². The molecule has 15 heteroatoms. The molecule has 4 aromatic rings. The number of morpholine rings is 1. The molecule has 0 unspecified atom stereocenters. The molecule has 0 aliphatic carbocycles. The van der Waals surface area contributed by atoms with Crippen LogP contribution in [0.3, 0.4) is 0 Å². The number of nitroso groups, excluding NO2 is 1. The highest BCUT2D eigenvalue weighted by molar-refractivity contribution is 7.99. The first-order valence-corrected chi connectivity index (χ1v) is 13.1. The highest BCUT2D eigenvalue weighted by Gasteiger charge is 2.29. The van der Waals surface area contributed by atoms with Gasteiger partial charge in [-0.2, -0.15) is 5.10 Å². The molecule has 0 radical (unpaired) electrons. The number of benzene rings is 2. The van der Waals surface area contributed by atoms with E-state index in [9.17, 15) is 14.1 Å². The summed E-state index contributed by atoms with van der Waals surface area (Å²) in [5.41, 5.74) is 0.172. The highest BCUT2D eigenvalue weighted by Crippen LogP contribution is 2.36. The van der Waals surface area contributed by atoms with E-state index < -0.39 is 29.0 Å². The number of methoxy groups -OCH3 is 1. The first-order valence-electron chi connectivity index (χ1n) is 12.3. The molecule has 212 valence electrons. The van der Waals surface area contributed by atoms with Crippen LogP contribution in [0.5, 0.6) is 11.5 Å². The minimum atomic E-state index is -1.09. The number of hydrogen-bond donors (Lipinski definition) is 2. The van der Waals surface area contributed by atoms with Gasteiger partial charge in [0.15, 0.2) is 17.4 Å². The van der Waals surface area contributed by atoms with Gasteiger partial charge in [-0.3, -0.25) is 10.00 Å². The number of halogens is 2. The minimum absolute atomic E-state index is 0.156. The van der Waals surface area contributed by atoms with E-state index in [2.05, 4.69) is 30.7 Å². The molecular formula is C26H24F2N7O5S+. The Morgan fingerprint density at radius 1 is 1.22 bits per heavy atom. The van der Waals surface area contributed by atoms with Gasteiger partial charge in [0.05, 0.1) is 43.9 Å². The van der Waals surface area contributed by atoms with Crippen molar-refractivity contribution < 1.29 is 32.8 Å². The summed E-state index contributed by atoms with van der Waals surface area (Å²) in [6, 6.07) is 9.10. The number of nitrogens with zero attached hydrogens (tertiary/aromatic N) is 4. The lowest BCUT2D eigenvalue weighted by molar-refractivity contribution is -0.421. The topological polar surface area (TPSA) is 145 Å². The molecule has 2 aromatic heterocycles. The Bertz CT molecular complexity index is 1600. The molecule has 1 aliphatic rings. The molecule has 0 atom stereocenters. The fourth-order valence-electron chi connectivity index (χ4n) is 4.01. The van der Waals surface area contributed by atoms with E-state index in [1.54, 1.807) is 6.07 Å². The fourth-order valence-corrected chi connectivity index (χ4v) is 4.80. The van der Waals surface area contributed by atoms with Crippen molar-refractivity contribution in [3.8, 4) is 11.5 Å². The molecule has 0 saturated carbocycles. The lowest BCUT2D eigenvalue weighted by atomic mass is 10.2. The van der Waals surface area contributed by atoms with E-state index in [-0.39, 0.29) is 10.5 Å². The Morgan fingerprint density at radius 3 is 2.71 bits per heavy atom. The number of esters is 1. The van der Waals surface area contributed by atoms with E-state index >= 15 is 4.39 Å². The van der Waals surface area contributed by atoms with Gasteiger partial charge < -0.3 is 19.5 Å². The second kappa shape index (κ2) is 12.3. The van der Waals surface area contributed by atoms with Crippen molar-refractivity contribution in [2.24, 2.45) is 5.18 Å². The molecule has 0 bridgehead atoms. The molecule has 2 aromatic carbocycles. The number of nitrogens with one attached hydrogen (secondary N) is 3. The molecule has 41 heavy (non-hydrogen) atoms. The Balaban J connectivity index is 1.42. The van der Waals surface area contributed by atoms with E-state index in [0.717, 1.165) is 35.7 Å². The highest BCUT2D eigenvalue weighted by atomic mass is 32.2. The molecule has 3 heterocycles. The third kappa shape index (κ3) is 6.25. The van der Waals surface area contributed by atoms with Crippen molar-refractivity contribution in [3.05, 3.63) is 70.3 Å². The van der Waals surface area contributed by atoms with Crippen LogP contribution in [0.25, 0.3) is 0 Å². The van der Waals surface area contributed by atoms with Crippen molar-refractivity contribution in [1.29, 1.82) is 0 Å². The van der Waals surface area contributed by atoms with Crippen molar-refractivity contribution in [1.82, 2.24) is 15.2 Å². The number of aromatic nitrogens is 4. The van der Waals surface area contributed by atoms with Crippen molar-refractivity contribution in [2.75, 3.05) is 43.6 Å². The van der Waals surface area contributed by atoms with Crippen LogP contribution in [0.2, 0.25) is 0 Å². The Hall–Kier alpha value is -4.63. The van der Waals surface area contributed by atoms with Crippen molar-refractivity contribution in [2.45, 2.75) is 17.0 Å². The quantitative estimate of drug-likeness (QED) is 0.124. The van der Waals surface area contributed by atoms with Gasteiger partial charge >= 0.3 is 11.1 Å². The standard InChI is InChI=1S/C26H23F2N7O5S/c1-14-12-20(33-32-14)29-23-22(38-2)24(35-8-10-39-11-9-35)31-26(30-23)41-19-7-6-15(13-16(19)27)25(36)40-18-5-3-4-17(34-37)21(18)28/h3-7,12-13H,8-11H2,1-2H3,(H2,29,30,31,32,33)/p+1. The Morgan fingerprint density at radius 2 is 2.02 bits per heavy atom. The van der Waals surface area contributed by atoms with E-state index in [4.69, 9.17) is 14.2 Å². The molecule has 3 N–H and O–H groups in total. The average Bonchev–Trinajstić information content (AvgIpc) is 3.39. The third-order valence-electron chi connectivity index (χ3n) is 5.97. The van der Waals surface area contributed by atoms with Crippen LogP contribution in [0, 0.1) is 23.5 Å². The third-order valence-corrected chi connectivity index (χ3v) is 6.91. The zero-order valence-electron chi connectivity index (χ0n) is 21.9. The molecule has 1 aliphatic heterocycles. The van der Waals surface area contributed by atoms with Crippen molar-refractivity contribution >= 4 is 40.9 Å². The van der Waals surface area contributed by atoms with Gasteiger partial charge in [-0.15, -0.1) is 4.91 Å². The Kier molecular flexibility index (Phi) is 8.35. The van der Waals surface area contributed by atoms with E-state index in [0.29, 0.717) is 54.7 Å². The summed E-state index contributed by atoms with van der Waals surface area (Å²) in [7, 11) is 1.53. The molecule has 5 rings (SSSR count). The molecule has 1 saturated heterocycles. The van der Waals surface area contributed by atoms with Gasteiger partial charge in [-0.25, -0.2) is 18.6 Å². The zero-order valence-corrected chi connectivity index (χ0v) is 22.7. The number of rotatable bonds is 9. The van der Waals surface area contributed by atoms with Crippen LogP contribution in [0.1, 0.15) is 16.1 Å². The van der Waals surface area contributed by atoms with Gasteiger partial charge in [0.1, 0.15) is 11.5 Å². The molecule has 1 fully saturated rings. The second-order valence-corrected chi connectivity index (χ2v) is 9.78. The summed E-state index contributed by atoms with van der Waals surface area (Å²) in [4.78, 5) is 33.3. The first kappa shape index (κ1) is 27.9. The molecule has 0 spiro atoms. The normalized spacial score (nSPS) is 13.1. The second-order valence-electron chi connectivity index (χ2n) is 8.75. The van der Waals surface area contributed by atoms with Crippen LogP contribution >= 0.6 is 11.8 Å². The number of aryl methyl sites for hydroxylation is 1. The molecule has 12 nitrogen and oxygen atoms in total. The minimum Gasteiger partial charge on any atom is -0.487 e. The number of carbonyl (C=O) groups is 1. The number of carbonyl (C=O) groups excluding carboxylic acids is 1. The van der Waals surface area contributed by atoms with Crippen LogP contribution in [-0.4, -0.2) is 54.6 Å². The lowest BCUT2D eigenvalue weighted by Gasteiger charge is -2.25. The van der Waals surface area contributed by atoms with Crippen LogP contribution in [-0.2, 0) is 4.74 Å². The number of anilines is 3. The fraction of sp³-hybridized carbons (Fsp3) is 0.231. The van der Waals surface area contributed by atoms with E-state index in [1.807, 2.05) is 11.8 Å². The SMILES string of the molecule is COc1c(Nc2cc(C)[nH]n2)nc(Sc2ccc(C(=O)Oc3cccc(N=O)c3F)cc2F)[nH+]c1N1CCOCC1. The maximum absolute atomic E-state index is 15.2. The van der Waals surface area contributed by atoms with Gasteiger partial charge in [0.25, 0.3) is 17.4 Å². The predicted octanol–water partition coefficient (Wildman–Crippen LogP) is 4.56.